The van der Waals surface area contributed by atoms with Gasteiger partial charge in [0.15, 0.2) is 0 Å². The first kappa shape index (κ1) is 19.6. The maximum absolute atomic E-state index is 12.0. The first-order chi connectivity index (χ1) is 8.47. The van der Waals surface area contributed by atoms with Gasteiger partial charge in [-0.25, -0.2) is 0 Å². The first-order valence-corrected chi connectivity index (χ1v) is 5.64. The minimum Gasteiger partial charge on any atom is -0.429 e. The molecule has 0 saturated heterocycles. The van der Waals surface area contributed by atoms with Crippen LogP contribution in [-0.2, 0) is 51.3 Å². The molecule has 0 aliphatic heterocycles. The van der Waals surface area contributed by atoms with E-state index in [1.165, 1.54) is 0 Å². The second-order valence-corrected chi connectivity index (χ2v) is 4.19. The van der Waals surface area contributed by atoms with Crippen LogP contribution in [-0.4, -0.2) is 10.9 Å². The molecule has 0 aliphatic carbocycles. The average Bonchev–Trinajstić information content (AvgIpc) is 2.57. The number of aryl methyl sites for hydroxylation is 4. The van der Waals surface area contributed by atoms with E-state index >= 15 is 0 Å². The molecule has 2 rings (SSSR count). The number of hydrogen-bond donors (Lipinski definition) is 1. The minimum atomic E-state index is -0.263. The second kappa shape index (κ2) is 8.13. The third-order valence-electron chi connectivity index (χ3n) is 2.71. The van der Waals surface area contributed by atoms with E-state index in [1.54, 1.807) is 13.0 Å². The van der Waals surface area contributed by atoms with E-state index in [1.807, 2.05) is 20.8 Å². The molecule has 1 N–H and O–H groups in total. The van der Waals surface area contributed by atoms with Crippen LogP contribution in [0.25, 0.3) is 0 Å². The Morgan fingerprint density at radius 3 is 2.45 bits per heavy atom. The Kier molecular flexibility index (Phi) is 7.97. The molecule has 4 nitrogen and oxygen atoms in total. The van der Waals surface area contributed by atoms with Crippen LogP contribution >= 0.6 is 0 Å². The summed E-state index contributed by atoms with van der Waals surface area (Å²) >= 11 is 0. The van der Waals surface area contributed by atoms with Gasteiger partial charge in [0, 0.05) is 51.3 Å². The van der Waals surface area contributed by atoms with Crippen LogP contribution in [0, 0.1) is 39.8 Å². The maximum atomic E-state index is 12.0. The monoisotopic (exact) mass is 382 g/mol. The molecule has 0 aliphatic rings. The predicted molar refractivity (Wildman–Crippen MR) is 67.5 cm³/mol. The van der Waals surface area contributed by atoms with Crippen LogP contribution in [0.15, 0.2) is 10.5 Å². The van der Waals surface area contributed by atoms with Crippen LogP contribution in [0.4, 0.5) is 6.01 Å². The Labute approximate surface area is 155 Å². The van der Waals surface area contributed by atoms with Crippen molar-refractivity contribution in [2.75, 3.05) is 5.32 Å². The van der Waals surface area contributed by atoms with Gasteiger partial charge in [-0.1, -0.05) is 13.8 Å². The molecule has 1 aromatic heterocycles. The Morgan fingerprint density at radius 2 is 1.95 bits per heavy atom. The summed E-state index contributed by atoms with van der Waals surface area (Å²) in [6.07, 6.45) is 0. The van der Waals surface area contributed by atoms with Crippen LogP contribution in [0.1, 0.15) is 32.9 Å². The molecule has 102 valence electrons. The van der Waals surface area contributed by atoms with E-state index in [4.69, 9.17) is 4.42 Å². The van der Waals surface area contributed by atoms with Crippen molar-refractivity contribution >= 4 is 11.9 Å². The molecule has 1 aromatic carbocycles. The molecule has 2 radical (unpaired) electrons. The van der Waals surface area contributed by atoms with Gasteiger partial charge in [0.2, 0.25) is 0 Å². The fourth-order valence-corrected chi connectivity index (χ4v) is 1.60. The number of aromatic nitrogens is 1. The summed E-state index contributed by atoms with van der Waals surface area (Å²) < 4.78 is 5.31. The number of nitrogens with one attached hydrogen (secondary N) is 1. The topological polar surface area (TPSA) is 55.1 Å². The fraction of sp³-hybridized carbons (Fsp3) is 0.286. The quantitative estimate of drug-likeness (QED) is 0.813. The molecule has 0 atom stereocenters. The van der Waals surface area contributed by atoms with E-state index in [0.29, 0.717) is 11.3 Å². The number of carbonyl (C=O) groups excluding carboxylic acids is 1. The molecule has 6 heteroatoms. The predicted octanol–water partition coefficient (Wildman–Crippen LogP) is 2.76. The summed E-state index contributed by atoms with van der Waals surface area (Å²) in [4.78, 5) is 16.1. The van der Waals surface area contributed by atoms with E-state index in [-0.39, 0.29) is 63.2 Å². The Hall–Kier alpha value is -0.412. The summed E-state index contributed by atoms with van der Waals surface area (Å²) in [7, 11) is 0. The number of benzene rings is 1. The van der Waals surface area contributed by atoms with Crippen molar-refractivity contribution in [3.8, 4) is 0 Å². The van der Waals surface area contributed by atoms with E-state index in [9.17, 15) is 4.79 Å². The first-order valence-electron chi connectivity index (χ1n) is 5.64. The van der Waals surface area contributed by atoms with Crippen molar-refractivity contribution in [2.24, 2.45) is 0 Å². The Balaban J connectivity index is 0.00000180. The number of anilines is 1. The third-order valence-corrected chi connectivity index (χ3v) is 2.71. The van der Waals surface area contributed by atoms with Gasteiger partial charge in [0.05, 0.1) is 5.69 Å². The van der Waals surface area contributed by atoms with Crippen molar-refractivity contribution in [3.05, 3.63) is 46.3 Å². The van der Waals surface area contributed by atoms with Crippen LogP contribution in [0.3, 0.4) is 0 Å². The number of amides is 1. The van der Waals surface area contributed by atoms with Gasteiger partial charge in [-0.15, -0.1) is 0 Å². The van der Waals surface area contributed by atoms with Gasteiger partial charge in [-0.2, -0.15) is 10.5 Å². The van der Waals surface area contributed by atoms with Crippen molar-refractivity contribution < 1.29 is 60.5 Å². The molecule has 1 heterocycles. The van der Waals surface area contributed by atoms with Gasteiger partial charge in [0.25, 0.3) is 6.01 Å². The van der Waals surface area contributed by atoms with Gasteiger partial charge in [-0.3, -0.25) is 27.3 Å². The molecule has 0 fully saturated rings. The molecule has 2 aromatic rings. The number of oxazole rings is 1. The second-order valence-electron chi connectivity index (χ2n) is 4.19. The van der Waals surface area contributed by atoms with Gasteiger partial charge >= 0.3 is 0 Å². The summed E-state index contributed by atoms with van der Waals surface area (Å²) in [5.74, 6) is 0.435. The third kappa shape index (κ3) is 4.56. The average molecular weight is 382 g/mol. The van der Waals surface area contributed by atoms with Crippen molar-refractivity contribution in [2.45, 2.75) is 27.7 Å². The maximum Gasteiger partial charge on any atom is 0.300 e. The van der Waals surface area contributed by atoms with Crippen LogP contribution < -0.4 is 5.32 Å². The van der Waals surface area contributed by atoms with E-state index in [2.05, 4.69) is 22.4 Å². The summed E-state index contributed by atoms with van der Waals surface area (Å²) in [5.41, 5.74) is 2.95. The van der Waals surface area contributed by atoms with Crippen LogP contribution in [0.2, 0.25) is 0 Å². The largest absolute Gasteiger partial charge is 0.429 e. The molecule has 1 amide bonds. The molecule has 0 saturated carbocycles. The number of carbonyl (C=O) groups is 1. The van der Waals surface area contributed by atoms with E-state index < -0.39 is 0 Å². The summed E-state index contributed by atoms with van der Waals surface area (Å²) in [5, 5.41) is 2.62. The molecule has 0 spiro atoms. The van der Waals surface area contributed by atoms with E-state index in [0.717, 1.165) is 16.8 Å². The summed E-state index contributed by atoms with van der Waals surface area (Å²) in [6.45, 7) is 7.35. The SMILES string of the molecule is Cc1[c-]cc(C(=O)Nc2nc(C)c(C)o2)c(C)[c-]1.[V].[Y]. The van der Waals surface area contributed by atoms with Crippen molar-refractivity contribution in [1.82, 2.24) is 4.98 Å². The zero-order chi connectivity index (χ0) is 13.3. The normalized spacial score (nSPS) is 9.40. The smallest absolute Gasteiger partial charge is 0.300 e. The number of nitrogens with zero attached hydrogens (tertiary/aromatic N) is 1. The molecule has 0 unspecified atom stereocenters. The van der Waals surface area contributed by atoms with Gasteiger partial charge in [0.1, 0.15) is 11.7 Å². The minimum absolute atomic E-state index is 0. The number of hydrogen-bond acceptors (Lipinski definition) is 3. The Morgan fingerprint density at radius 1 is 1.30 bits per heavy atom. The zero-order valence-electron chi connectivity index (χ0n) is 11.9. The van der Waals surface area contributed by atoms with Crippen molar-refractivity contribution in [3.63, 3.8) is 0 Å². The standard InChI is InChI=1S/C14H14N2O2.V.Y/c1-8-5-6-12(9(2)7-8)13(17)16-14-15-10(3)11(4)18-14;;/h6H,1-4H3,(H,15,16,17);;/q-2;;. The number of rotatable bonds is 2. The van der Waals surface area contributed by atoms with Crippen LogP contribution in [0.5, 0.6) is 0 Å². The Bertz CT molecular complexity index is 592. The molecular weight excluding hydrogens is 368 g/mol. The van der Waals surface area contributed by atoms with Crippen molar-refractivity contribution in [1.29, 1.82) is 0 Å². The molecule has 0 bridgehead atoms. The molecular formula is C14H14N2O2VY-2. The van der Waals surface area contributed by atoms with Gasteiger partial charge < -0.3 is 16.5 Å². The molecule has 20 heavy (non-hydrogen) atoms. The zero-order valence-corrected chi connectivity index (χ0v) is 16.1. The van der Waals surface area contributed by atoms with Gasteiger partial charge in [-0.05, 0) is 13.8 Å². The summed E-state index contributed by atoms with van der Waals surface area (Å²) in [6, 6.07) is 7.88. The fourth-order valence-electron chi connectivity index (χ4n) is 1.60.